The number of aliphatic hydroxyl groups is 1. The third-order valence-corrected chi connectivity index (χ3v) is 6.46. The Hall–Kier alpha value is -0.120. The number of aryl methyl sites for hydroxylation is 1. The van der Waals surface area contributed by atoms with E-state index in [1.807, 2.05) is 23.5 Å². The molecule has 1 aromatic rings. The van der Waals surface area contributed by atoms with Crippen LogP contribution in [0.5, 0.6) is 0 Å². The average molecular weight is 268 g/mol. The lowest BCUT2D eigenvalue weighted by Gasteiger charge is -2.31. The molecule has 1 aliphatic rings. The van der Waals surface area contributed by atoms with Crippen LogP contribution >= 0.6 is 23.5 Å². The fourth-order valence-electron chi connectivity index (χ4n) is 2.14. The smallest absolute Gasteiger partial charge is 0.0919 e. The highest BCUT2D eigenvalue weighted by Gasteiger charge is 2.29. The van der Waals surface area contributed by atoms with Crippen molar-refractivity contribution in [3.63, 3.8) is 0 Å². The van der Waals surface area contributed by atoms with Crippen molar-refractivity contribution in [3.8, 4) is 0 Å². The number of aliphatic hydroxyl groups excluding tert-OH is 1. The summed E-state index contributed by atoms with van der Waals surface area (Å²) < 4.78 is 0. The highest BCUT2D eigenvalue weighted by atomic mass is 32.2. The van der Waals surface area contributed by atoms with Gasteiger partial charge < -0.3 is 5.11 Å². The van der Waals surface area contributed by atoms with Gasteiger partial charge in [0.05, 0.1) is 6.10 Å². The predicted octanol–water partition coefficient (Wildman–Crippen LogP) is 3.52. The molecule has 1 aromatic carbocycles. The summed E-state index contributed by atoms with van der Waals surface area (Å²) >= 11 is 3.89. The molecule has 1 N–H and O–H groups in total. The van der Waals surface area contributed by atoms with E-state index in [2.05, 4.69) is 38.1 Å². The Morgan fingerprint density at radius 2 is 1.88 bits per heavy atom. The molecule has 0 aliphatic carbocycles. The van der Waals surface area contributed by atoms with Gasteiger partial charge >= 0.3 is 0 Å². The van der Waals surface area contributed by atoms with Gasteiger partial charge in [-0.05, 0) is 17.5 Å². The first-order chi connectivity index (χ1) is 8.22. The van der Waals surface area contributed by atoms with Crippen molar-refractivity contribution >= 4 is 23.5 Å². The first-order valence-electron chi connectivity index (χ1n) is 6.22. The Morgan fingerprint density at radius 1 is 1.24 bits per heavy atom. The Bertz CT molecular complexity index is 350. The van der Waals surface area contributed by atoms with E-state index in [1.165, 1.54) is 11.3 Å². The average Bonchev–Trinajstić information content (AvgIpc) is 2.39. The van der Waals surface area contributed by atoms with Crippen molar-refractivity contribution in [2.24, 2.45) is 0 Å². The normalized spacial score (nSPS) is 26.8. The van der Waals surface area contributed by atoms with Gasteiger partial charge in [-0.1, -0.05) is 38.1 Å². The Labute approximate surface area is 112 Å². The number of hydrogen-bond acceptors (Lipinski definition) is 3. The van der Waals surface area contributed by atoms with Gasteiger partial charge in [-0.15, -0.1) is 0 Å². The van der Waals surface area contributed by atoms with Gasteiger partial charge in [-0.25, -0.2) is 0 Å². The molecule has 94 valence electrons. The van der Waals surface area contributed by atoms with Gasteiger partial charge in [0.15, 0.2) is 0 Å². The summed E-state index contributed by atoms with van der Waals surface area (Å²) in [6.45, 7) is 4.38. The minimum Gasteiger partial charge on any atom is -0.387 e. The van der Waals surface area contributed by atoms with E-state index in [4.69, 9.17) is 0 Å². The highest BCUT2D eigenvalue weighted by Crippen LogP contribution is 2.38. The molecule has 0 bridgehead atoms. The molecule has 1 nitrogen and oxygen atoms in total. The molecule has 2 rings (SSSR count). The summed E-state index contributed by atoms with van der Waals surface area (Å²) in [6, 6.07) is 8.42. The minimum absolute atomic E-state index is 0.325. The van der Waals surface area contributed by atoms with Crippen molar-refractivity contribution in [1.82, 2.24) is 0 Å². The maximum Gasteiger partial charge on any atom is 0.0919 e. The topological polar surface area (TPSA) is 20.2 Å². The monoisotopic (exact) mass is 268 g/mol. The SMILES string of the molecule is CCc1ccc(C(O)C2SCCSC2C)cc1. The molecule has 17 heavy (non-hydrogen) atoms. The number of hydrogen-bond donors (Lipinski definition) is 1. The van der Waals surface area contributed by atoms with E-state index in [9.17, 15) is 5.11 Å². The molecule has 1 saturated heterocycles. The second kappa shape index (κ2) is 6.17. The van der Waals surface area contributed by atoms with Crippen molar-refractivity contribution in [2.75, 3.05) is 11.5 Å². The first-order valence-corrected chi connectivity index (χ1v) is 8.32. The van der Waals surface area contributed by atoms with Crippen LogP contribution in [-0.4, -0.2) is 27.1 Å². The van der Waals surface area contributed by atoms with Crippen LogP contribution < -0.4 is 0 Å². The molecule has 0 saturated carbocycles. The van der Waals surface area contributed by atoms with Crippen molar-refractivity contribution < 1.29 is 5.11 Å². The fourth-order valence-corrected chi connectivity index (χ4v) is 4.97. The molecule has 0 radical (unpaired) electrons. The summed E-state index contributed by atoms with van der Waals surface area (Å²) in [5.41, 5.74) is 2.40. The van der Waals surface area contributed by atoms with Gasteiger partial charge in [0.25, 0.3) is 0 Å². The highest BCUT2D eigenvalue weighted by molar-refractivity contribution is 8.07. The summed E-state index contributed by atoms with van der Waals surface area (Å²) in [7, 11) is 0. The van der Waals surface area contributed by atoms with Crippen LogP contribution in [0.1, 0.15) is 31.1 Å². The Balaban J connectivity index is 2.09. The first kappa shape index (κ1) is 13.3. The van der Waals surface area contributed by atoms with Crippen LogP contribution in [0.3, 0.4) is 0 Å². The van der Waals surface area contributed by atoms with Crippen LogP contribution in [0.15, 0.2) is 24.3 Å². The van der Waals surface area contributed by atoms with E-state index in [0.29, 0.717) is 10.5 Å². The standard InChI is InChI=1S/C14H20OS2/c1-3-11-4-6-12(7-5-11)13(15)14-10(2)16-8-9-17-14/h4-7,10,13-15H,3,8-9H2,1-2H3. The Morgan fingerprint density at radius 3 is 2.47 bits per heavy atom. The molecule has 1 aliphatic heterocycles. The fraction of sp³-hybridized carbons (Fsp3) is 0.571. The summed E-state index contributed by atoms with van der Waals surface area (Å²) in [4.78, 5) is 0. The lowest BCUT2D eigenvalue weighted by atomic mass is 10.0. The van der Waals surface area contributed by atoms with Crippen LogP contribution in [0.2, 0.25) is 0 Å². The molecule has 3 atom stereocenters. The van der Waals surface area contributed by atoms with Crippen LogP contribution in [0.25, 0.3) is 0 Å². The molecule has 0 aromatic heterocycles. The molecule has 0 amide bonds. The molecule has 1 heterocycles. The van der Waals surface area contributed by atoms with E-state index < -0.39 is 0 Å². The maximum atomic E-state index is 10.4. The maximum absolute atomic E-state index is 10.4. The number of thioether (sulfide) groups is 2. The summed E-state index contributed by atoms with van der Waals surface area (Å²) in [6.07, 6.45) is 0.731. The number of benzene rings is 1. The zero-order valence-electron chi connectivity index (χ0n) is 10.4. The lowest BCUT2D eigenvalue weighted by Crippen LogP contribution is -2.29. The predicted molar refractivity (Wildman–Crippen MR) is 78.9 cm³/mol. The summed E-state index contributed by atoms with van der Waals surface area (Å²) in [5.74, 6) is 2.37. The largest absolute Gasteiger partial charge is 0.387 e. The van der Waals surface area contributed by atoms with Gasteiger partial charge in [0, 0.05) is 22.0 Å². The zero-order valence-corrected chi connectivity index (χ0v) is 12.1. The molecular weight excluding hydrogens is 248 g/mol. The summed E-state index contributed by atoms with van der Waals surface area (Å²) in [5, 5.41) is 11.3. The van der Waals surface area contributed by atoms with Gasteiger partial charge in [-0.3, -0.25) is 0 Å². The molecular formula is C14H20OS2. The molecule has 3 unspecified atom stereocenters. The van der Waals surface area contributed by atoms with E-state index >= 15 is 0 Å². The van der Waals surface area contributed by atoms with Crippen LogP contribution in [-0.2, 0) is 6.42 Å². The van der Waals surface area contributed by atoms with Crippen molar-refractivity contribution in [1.29, 1.82) is 0 Å². The third kappa shape index (κ3) is 3.21. The quantitative estimate of drug-likeness (QED) is 0.906. The van der Waals surface area contributed by atoms with E-state index in [1.54, 1.807) is 0 Å². The van der Waals surface area contributed by atoms with E-state index in [0.717, 1.165) is 17.7 Å². The molecule has 0 spiro atoms. The van der Waals surface area contributed by atoms with Crippen LogP contribution in [0, 0.1) is 0 Å². The van der Waals surface area contributed by atoms with Gasteiger partial charge in [-0.2, -0.15) is 23.5 Å². The van der Waals surface area contributed by atoms with Crippen molar-refractivity contribution in [3.05, 3.63) is 35.4 Å². The van der Waals surface area contributed by atoms with Gasteiger partial charge in [0.1, 0.15) is 0 Å². The second-order valence-corrected chi connectivity index (χ2v) is 7.22. The van der Waals surface area contributed by atoms with Gasteiger partial charge in [0.2, 0.25) is 0 Å². The molecule has 3 heteroatoms. The Kier molecular flexibility index (Phi) is 4.83. The molecule has 1 fully saturated rings. The zero-order chi connectivity index (χ0) is 12.3. The van der Waals surface area contributed by atoms with Crippen LogP contribution in [0.4, 0.5) is 0 Å². The van der Waals surface area contributed by atoms with Crippen molar-refractivity contribution in [2.45, 2.75) is 36.9 Å². The lowest BCUT2D eigenvalue weighted by molar-refractivity contribution is 0.174. The second-order valence-electron chi connectivity index (χ2n) is 4.45. The third-order valence-electron chi connectivity index (χ3n) is 3.28. The van der Waals surface area contributed by atoms with E-state index in [-0.39, 0.29) is 6.10 Å². The number of rotatable bonds is 3. The minimum atomic E-state index is -0.325.